The fraction of sp³-hybridized carbons (Fsp3) is 0.588. The molecule has 0 saturated carbocycles. The van der Waals surface area contributed by atoms with Crippen LogP contribution < -0.4 is 10.2 Å². The molecular formula is C17H28N3O3S+. The van der Waals surface area contributed by atoms with Crippen LogP contribution in [0.3, 0.4) is 0 Å². The Bertz CT molecular complexity index is 678. The van der Waals surface area contributed by atoms with Crippen LogP contribution in [0.4, 0.5) is 5.69 Å². The van der Waals surface area contributed by atoms with Gasteiger partial charge in [-0.2, -0.15) is 4.31 Å². The molecule has 1 fully saturated rings. The number of benzene rings is 1. The minimum Gasteiger partial charge on any atom is -0.327 e. The normalized spacial score (nSPS) is 15.8. The van der Waals surface area contributed by atoms with Crippen molar-refractivity contribution in [2.45, 2.75) is 38.5 Å². The van der Waals surface area contributed by atoms with Gasteiger partial charge in [0.2, 0.25) is 10.0 Å². The predicted molar refractivity (Wildman–Crippen MR) is 94.7 cm³/mol. The second kappa shape index (κ2) is 8.09. The van der Waals surface area contributed by atoms with E-state index in [0.717, 1.165) is 13.1 Å². The van der Waals surface area contributed by atoms with Crippen molar-refractivity contribution in [3.8, 4) is 0 Å². The van der Waals surface area contributed by atoms with Gasteiger partial charge in [-0.05, 0) is 24.6 Å². The Morgan fingerprint density at radius 1 is 1.21 bits per heavy atom. The summed E-state index contributed by atoms with van der Waals surface area (Å²) in [6, 6.07) is 5.07. The molecule has 1 aromatic rings. The van der Waals surface area contributed by atoms with Crippen molar-refractivity contribution >= 4 is 21.6 Å². The zero-order valence-corrected chi connectivity index (χ0v) is 15.6. The molecule has 0 spiro atoms. The van der Waals surface area contributed by atoms with Crippen molar-refractivity contribution in [3.05, 3.63) is 23.8 Å². The number of nitrogens with zero attached hydrogens (tertiary/aromatic N) is 1. The molecule has 0 aliphatic carbocycles. The van der Waals surface area contributed by atoms with Crippen LogP contribution in [0.5, 0.6) is 0 Å². The second-order valence-corrected chi connectivity index (χ2v) is 8.16. The monoisotopic (exact) mass is 354 g/mol. The first-order chi connectivity index (χ1) is 11.4. The van der Waals surface area contributed by atoms with E-state index in [0.29, 0.717) is 30.9 Å². The highest BCUT2D eigenvalue weighted by atomic mass is 32.2. The maximum atomic E-state index is 12.7. The molecule has 7 heteroatoms. The number of sulfonamides is 1. The average Bonchev–Trinajstić information content (AvgIpc) is 3.02. The molecule has 2 N–H and O–H groups in total. The summed E-state index contributed by atoms with van der Waals surface area (Å²) in [5.41, 5.74) is 1.22. The first-order valence-electron chi connectivity index (χ1n) is 8.62. The Morgan fingerprint density at radius 3 is 2.42 bits per heavy atom. The van der Waals surface area contributed by atoms with E-state index < -0.39 is 10.0 Å². The van der Waals surface area contributed by atoms with Gasteiger partial charge in [0, 0.05) is 31.6 Å². The van der Waals surface area contributed by atoms with Crippen LogP contribution >= 0.6 is 0 Å². The molecule has 0 radical (unpaired) electrons. The molecule has 24 heavy (non-hydrogen) atoms. The molecule has 1 heterocycles. The van der Waals surface area contributed by atoms with E-state index in [1.54, 1.807) is 25.1 Å². The Kier molecular flexibility index (Phi) is 6.37. The summed E-state index contributed by atoms with van der Waals surface area (Å²) in [6.45, 7) is 8.76. The maximum absolute atomic E-state index is 12.7. The van der Waals surface area contributed by atoms with E-state index in [-0.39, 0.29) is 10.8 Å². The lowest BCUT2D eigenvalue weighted by atomic mass is 10.2. The van der Waals surface area contributed by atoms with Crippen LogP contribution in [-0.4, -0.2) is 51.4 Å². The minimum atomic E-state index is -3.54. The van der Waals surface area contributed by atoms with Gasteiger partial charge in [-0.3, -0.25) is 4.79 Å². The molecule has 1 aromatic carbocycles. The van der Waals surface area contributed by atoms with E-state index >= 15 is 0 Å². The van der Waals surface area contributed by atoms with Gasteiger partial charge in [-0.25, -0.2) is 8.42 Å². The number of likely N-dealkylation sites (tertiary alicyclic amines) is 1. The van der Waals surface area contributed by atoms with Gasteiger partial charge in [0.1, 0.15) is 0 Å². The topological polar surface area (TPSA) is 70.9 Å². The zero-order valence-electron chi connectivity index (χ0n) is 14.8. The van der Waals surface area contributed by atoms with Crippen LogP contribution in [0.15, 0.2) is 23.1 Å². The van der Waals surface area contributed by atoms with E-state index in [1.165, 1.54) is 22.0 Å². The van der Waals surface area contributed by atoms with E-state index in [9.17, 15) is 13.2 Å². The third-order valence-electron chi connectivity index (χ3n) is 4.52. The van der Waals surface area contributed by atoms with Gasteiger partial charge in [0.25, 0.3) is 5.91 Å². The molecule has 0 unspecified atom stereocenters. The summed E-state index contributed by atoms with van der Waals surface area (Å²) in [6.07, 6.45) is 2.33. The molecule has 6 nitrogen and oxygen atoms in total. The van der Waals surface area contributed by atoms with Gasteiger partial charge in [-0.15, -0.1) is 0 Å². The lowest BCUT2D eigenvalue weighted by Crippen LogP contribution is -3.11. The number of hydrogen-bond donors (Lipinski definition) is 2. The Balaban J connectivity index is 2.17. The van der Waals surface area contributed by atoms with E-state index in [4.69, 9.17) is 0 Å². The predicted octanol–water partition coefficient (Wildman–Crippen LogP) is 0.643. The lowest BCUT2D eigenvalue weighted by molar-refractivity contribution is -0.878. The molecule has 2 rings (SSSR count). The number of aryl methyl sites for hydroxylation is 1. The summed E-state index contributed by atoms with van der Waals surface area (Å²) in [7, 11) is -3.54. The highest BCUT2D eigenvalue weighted by Crippen LogP contribution is 2.23. The van der Waals surface area contributed by atoms with Gasteiger partial charge < -0.3 is 10.2 Å². The molecule has 0 atom stereocenters. The van der Waals surface area contributed by atoms with Crippen molar-refractivity contribution in [1.82, 2.24) is 4.31 Å². The molecule has 1 aliphatic heterocycles. The van der Waals surface area contributed by atoms with Crippen molar-refractivity contribution in [3.63, 3.8) is 0 Å². The van der Waals surface area contributed by atoms with Gasteiger partial charge in [0.05, 0.1) is 18.0 Å². The number of carbonyl (C=O) groups is 1. The highest BCUT2D eigenvalue weighted by Gasteiger charge is 2.24. The first-order valence-corrected chi connectivity index (χ1v) is 10.1. The van der Waals surface area contributed by atoms with Crippen LogP contribution in [0, 0.1) is 6.92 Å². The molecule has 1 saturated heterocycles. The summed E-state index contributed by atoms with van der Waals surface area (Å²) < 4.78 is 26.9. The average molecular weight is 354 g/mol. The SMILES string of the molecule is CCN(CC)S(=O)(=O)c1cc(NC(=O)C[NH+]2CCCC2)ccc1C. The van der Waals surface area contributed by atoms with Crippen LogP contribution in [0.25, 0.3) is 0 Å². The standard InChI is InChI=1S/C17H27N3O3S/c1-4-20(5-2)24(22,23)16-12-15(9-8-14(16)3)18-17(21)13-19-10-6-7-11-19/h8-9,12H,4-7,10-11,13H2,1-3H3,(H,18,21)/p+1. The molecule has 134 valence electrons. The lowest BCUT2D eigenvalue weighted by Gasteiger charge is -2.20. The summed E-state index contributed by atoms with van der Waals surface area (Å²) >= 11 is 0. The summed E-state index contributed by atoms with van der Waals surface area (Å²) in [5.74, 6) is -0.0676. The largest absolute Gasteiger partial charge is 0.327 e. The molecule has 0 aromatic heterocycles. The molecular weight excluding hydrogens is 326 g/mol. The number of anilines is 1. The van der Waals surface area contributed by atoms with Gasteiger partial charge in [-0.1, -0.05) is 19.9 Å². The third-order valence-corrected chi connectivity index (χ3v) is 6.71. The fourth-order valence-electron chi connectivity index (χ4n) is 3.14. The quantitative estimate of drug-likeness (QED) is 0.755. The zero-order chi connectivity index (χ0) is 17.7. The Hall–Kier alpha value is -1.44. The minimum absolute atomic E-state index is 0.0676. The number of carbonyl (C=O) groups excluding carboxylic acids is 1. The first kappa shape index (κ1) is 18.9. The summed E-state index contributed by atoms with van der Waals surface area (Å²) in [4.78, 5) is 13.7. The van der Waals surface area contributed by atoms with E-state index in [1.807, 2.05) is 13.8 Å². The van der Waals surface area contributed by atoms with Crippen molar-refractivity contribution < 1.29 is 18.1 Å². The van der Waals surface area contributed by atoms with Crippen molar-refractivity contribution in [1.29, 1.82) is 0 Å². The Labute approximate surface area is 144 Å². The number of amides is 1. The van der Waals surface area contributed by atoms with Gasteiger partial charge in [0.15, 0.2) is 6.54 Å². The number of quaternary nitrogens is 1. The third kappa shape index (κ3) is 4.34. The second-order valence-electron chi connectivity index (χ2n) is 6.25. The van der Waals surface area contributed by atoms with Crippen molar-refractivity contribution in [2.24, 2.45) is 0 Å². The van der Waals surface area contributed by atoms with Crippen LogP contribution in [0.2, 0.25) is 0 Å². The van der Waals surface area contributed by atoms with E-state index in [2.05, 4.69) is 5.32 Å². The highest BCUT2D eigenvalue weighted by molar-refractivity contribution is 7.89. The molecule has 1 amide bonds. The number of hydrogen-bond acceptors (Lipinski definition) is 3. The molecule has 1 aliphatic rings. The smallest absolute Gasteiger partial charge is 0.279 e. The Morgan fingerprint density at radius 2 is 1.83 bits per heavy atom. The van der Waals surface area contributed by atoms with Crippen LogP contribution in [-0.2, 0) is 14.8 Å². The number of nitrogens with one attached hydrogen (secondary N) is 2. The van der Waals surface area contributed by atoms with Crippen LogP contribution in [0.1, 0.15) is 32.3 Å². The van der Waals surface area contributed by atoms with Crippen molar-refractivity contribution in [2.75, 3.05) is 38.0 Å². The summed E-state index contributed by atoms with van der Waals surface area (Å²) in [5, 5.41) is 2.84. The fourth-order valence-corrected chi connectivity index (χ4v) is 4.85. The number of rotatable bonds is 7. The maximum Gasteiger partial charge on any atom is 0.279 e. The van der Waals surface area contributed by atoms with Gasteiger partial charge >= 0.3 is 0 Å². The molecule has 0 bridgehead atoms.